The average Bonchev–Trinajstić information content (AvgIpc) is 2.95. The van der Waals surface area contributed by atoms with Gasteiger partial charge in [-0.2, -0.15) is 0 Å². The molecule has 0 unspecified atom stereocenters. The van der Waals surface area contributed by atoms with Crippen LogP contribution in [0.25, 0.3) is 0 Å². The van der Waals surface area contributed by atoms with Crippen LogP contribution in [0.2, 0.25) is 0 Å². The van der Waals surface area contributed by atoms with E-state index < -0.39 is 41.0 Å². The Hall–Kier alpha value is -2.91. The van der Waals surface area contributed by atoms with E-state index in [1.807, 2.05) is 0 Å². The Bertz CT molecular complexity index is 776. The summed E-state index contributed by atoms with van der Waals surface area (Å²) in [5, 5.41) is 11.7. The van der Waals surface area contributed by atoms with Crippen molar-refractivity contribution in [3.8, 4) is 0 Å². The Labute approximate surface area is 121 Å². The Morgan fingerprint density at radius 1 is 1.32 bits per heavy atom. The van der Waals surface area contributed by atoms with Crippen molar-refractivity contribution in [2.45, 2.75) is 12.5 Å². The van der Waals surface area contributed by atoms with Gasteiger partial charge in [0, 0.05) is 0 Å². The van der Waals surface area contributed by atoms with Crippen LogP contribution < -0.4 is 10.6 Å². The summed E-state index contributed by atoms with van der Waals surface area (Å²) in [6, 6.07) is 0.555. The highest BCUT2D eigenvalue weighted by Crippen LogP contribution is 2.25. The highest BCUT2D eigenvalue weighted by Gasteiger charge is 2.31. The van der Waals surface area contributed by atoms with Gasteiger partial charge in [0.1, 0.15) is 12.4 Å². The van der Waals surface area contributed by atoms with E-state index in [4.69, 9.17) is 0 Å². The third-order valence-corrected chi connectivity index (χ3v) is 3.13. The molecule has 114 valence electrons. The van der Waals surface area contributed by atoms with E-state index in [1.165, 1.54) is 10.9 Å². The van der Waals surface area contributed by atoms with Crippen molar-refractivity contribution in [3.05, 3.63) is 35.9 Å². The lowest BCUT2D eigenvalue weighted by Gasteiger charge is -2.23. The summed E-state index contributed by atoms with van der Waals surface area (Å²) in [6.07, 6.45) is 1.00. The van der Waals surface area contributed by atoms with Gasteiger partial charge in [0.15, 0.2) is 17.5 Å². The number of carbonyl (C=O) groups is 2. The minimum absolute atomic E-state index is 0.0714. The number of aromatic nitrogens is 3. The van der Waals surface area contributed by atoms with Crippen LogP contribution in [0.4, 0.5) is 24.8 Å². The second-order valence-electron chi connectivity index (χ2n) is 4.54. The summed E-state index contributed by atoms with van der Waals surface area (Å²) in [4.78, 5) is 23.7. The quantitative estimate of drug-likeness (QED) is 0.816. The molecular weight excluding hydrogens is 303 g/mol. The molecule has 1 aromatic heterocycles. The molecule has 0 aliphatic carbocycles. The zero-order valence-electron chi connectivity index (χ0n) is 10.8. The number of hydrogen-bond donors (Lipinski definition) is 2. The molecule has 3 rings (SSSR count). The molecule has 2 amide bonds. The summed E-state index contributed by atoms with van der Waals surface area (Å²) in [6.45, 7) is 0. The molecule has 0 saturated heterocycles. The normalized spacial score (nSPS) is 16.9. The fourth-order valence-corrected chi connectivity index (χ4v) is 2.07. The molecule has 2 aromatic rings. The molecule has 7 nitrogen and oxygen atoms in total. The van der Waals surface area contributed by atoms with Crippen molar-refractivity contribution in [2.24, 2.45) is 0 Å². The molecule has 0 fully saturated rings. The Morgan fingerprint density at radius 3 is 2.86 bits per heavy atom. The molecule has 1 aliphatic heterocycles. The van der Waals surface area contributed by atoms with Crippen molar-refractivity contribution in [1.29, 1.82) is 0 Å². The molecule has 0 bridgehead atoms. The van der Waals surface area contributed by atoms with Gasteiger partial charge in [0.2, 0.25) is 17.8 Å². The summed E-state index contributed by atoms with van der Waals surface area (Å²) in [5.41, 5.74) is -0.524. The number of nitrogens with zero attached hydrogens (tertiary/aromatic N) is 3. The van der Waals surface area contributed by atoms with Gasteiger partial charge in [-0.05, 0) is 12.1 Å². The van der Waals surface area contributed by atoms with E-state index in [0.29, 0.717) is 6.07 Å². The second-order valence-corrected chi connectivity index (χ2v) is 4.54. The monoisotopic (exact) mass is 311 g/mol. The second kappa shape index (κ2) is 5.13. The van der Waals surface area contributed by atoms with Crippen LogP contribution in [0.15, 0.2) is 18.5 Å². The first kappa shape index (κ1) is 14.0. The molecule has 0 radical (unpaired) electrons. The molecule has 22 heavy (non-hydrogen) atoms. The minimum Gasteiger partial charge on any atom is -0.322 e. The lowest BCUT2D eigenvalue weighted by atomic mass is 10.1. The van der Waals surface area contributed by atoms with Crippen LogP contribution in [0, 0.1) is 17.5 Å². The fraction of sp³-hybridized carbons (Fsp3) is 0.167. The van der Waals surface area contributed by atoms with Gasteiger partial charge in [0.05, 0.1) is 12.1 Å². The third kappa shape index (κ3) is 2.28. The predicted octanol–water partition coefficient (Wildman–Crippen LogP) is 1.22. The van der Waals surface area contributed by atoms with E-state index in [-0.39, 0.29) is 12.4 Å². The molecule has 1 aromatic carbocycles. The Balaban J connectivity index is 1.87. The molecule has 2 heterocycles. The van der Waals surface area contributed by atoms with Crippen molar-refractivity contribution in [1.82, 2.24) is 14.8 Å². The Kier molecular flexibility index (Phi) is 3.28. The van der Waals surface area contributed by atoms with Crippen LogP contribution >= 0.6 is 0 Å². The molecular formula is C12H8F3N5O2. The smallest absolute Gasteiger partial charge is 0.248 e. The van der Waals surface area contributed by atoms with E-state index in [0.717, 1.165) is 6.07 Å². The first-order chi connectivity index (χ1) is 10.5. The number of benzene rings is 1. The lowest BCUT2D eigenvalue weighted by Crippen LogP contribution is -2.35. The van der Waals surface area contributed by atoms with Gasteiger partial charge in [-0.1, -0.05) is 0 Å². The number of amides is 2. The number of halogens is 3. The van der Waals surface area contributed by atoms with Gasteiger partial charge in [0.25, 0.3) is 0 Å². The minimum atomic E-state index is -1.69. The van der Waals surface area contributed by atoms with Gasteiger partial charge in [-0.25, -0.2) is 13.2 Å². The maximum absolute atomic E-state index is 13.6. The van der Waals surface area contributed by atoms with E-state index in [9.17, 15) is 22.8 Å². The highest BCUT2D eigenvalue weighted by atomic mass is 19.2. The average molecular weight is 311 g/mol. The number of nitrogens with one attached hydrogen (secondary N) is 2. The van der Waals surface area contributed by atoms with Gasteiger partial charge in [-0.15, -0.1) is 10.2 Å². The third-order valence-electron chi connectivity index (χ3n) is 3.13. The summed E-state index contributed by atoms with van der Waals surface area (Å²) in [7, 11) is 0. The number of fused-ring (bicyclic) bond motifs is 1. The van der Waals surface area contributed by atoms with Crippen molar-refractivity contribution >= 4 is 23.5 Å². The summed E-state index contributed by atoms with van der Waals surface area (Å²) >= 11 is 0. The van der Waals surface area contributed by atoms with Gasteiger partial charge < -0.3 is 5.32 Å². The van der Waals surface area contributed by atoms with Crippen LogP contribution in [-0.2, 0) is 9.59 Å². The topological polar surface area (TPSA) is 88.9 Å². The summed E-state index contributed by atoms with van der Waals surface area (Å²) < 4.78 is 40.9. The van der Waals surface area contributed by atoms with E-state index in [1.54, 1.807) is 0 Å². The first-order valence-electron chi connectivity index (χ1n) is 6.11. The fourth-order valence-electron chi connectivity index (χ4n) is 2.07. The number of rotatable bonds is 2. The van der Waals surface area contributed by atoms with Gasteiger partial charge >= 0.3 is 0 Å². The number of carbonyl (C=O) groups excluding carboxylic acids is 2. The molecule has 10 heteroatoms. The van der Waals surface area contributed by atoms with Crippen molar-refractivity contribution in [2.75, 3.05) is 10.6 Å². The van der Waals surface area contributed by atoms with Crippen LogP contribution in [0.1, 0.15) is 12.5 Å². The number of anilines is 2. The SMILES string of the molecule is O=C1C[C@H](C(=O)Nc2ccc(F)c(F)c2F)n2cnnc2N1. The zero-order valence-corrected chi connectivity index (χ0v) is 10.8. The first-order valence-corrected chi connectivity index (χ1v) is 6.11. The maximum Gasteiger partial charge on any atom is 0.248 e. The molecule has 1 aliphatic rings. The summed E-state index contributed by atoms with van der Waals surface area (Å²) in [5.74, 6) is -5.75. The molecule has 2 N–H and O–H groups in total. The number of hydrogen-bond acceptors (Lipinski definition) is 4. The van der Waals surface area contributed by atoms with Crippen molar-refractivity contribution < 1.29 is 22.8 Å². The largest absolute Gasteiger partial charge is 0.322 e. The van der Waals surface area contributed by atoms with Crippen LogP contribution in [0.3, 0.4) is 0 Å². The molecule has 1 atom stereocenters. The van der Waals surface area contributed by atoms with E-state index in [2.05, 4.69) is 20.8 Å². The maximum atomic E-state index is 13.6. The molecule has 0 saturated carbocycles. The highest BCUT2D eigenvalue weighted by molar-refractivity contribution is 6.00. The van der Waals surface area contributed by atoms with Crippen LogP contribution in [-0.4, -0.2) is 26.6 Å². The zero-order chi connectivity index (χ0) is 15.9. The van der Waals surface area contributed by atoms with Gasteiger partial charge in [-0.3, -0.25) is 19.5 Å². The Morgan fingerprint density at radius 2 is 2.09 bits per heavy atom. The van der Waals surface area contributed by atoms with Crippen molar-refractivity contribution in [3.63, 3.8) is 0 Å². The lowest BCUT2D eigenvalue weighted by molar-refractivity contribution is -0.125. The predicted molar refractivity (Wildman–Crippen MR) is 67.3 cm³/mol. The van der Waals surface area contributed by atoms with E-state index >= 15 is 0 Å². The molecule has 0 spiro atoms. The standard InChI is InChI=1S/C12H8F3N5O2/c13-5-1-2-6(10(15)9(5)14)17-11(22)7-3-8(21)18-12-19-16-4-20(7)12/h1-2,4,7H,3H2,(H,17,22)(H,18,19,21)/t7-/m1/s1. The van der Waals surface area contributed by atoms with Crippen LogP contribution in [0.5, 0.6) is 0 Å².